The zero-order valence-corrected chi connectivity index (χ0v) is 14.2. The second-order valence-corrected chi connectivity index (χ2v) is 5.89. The number of rotatable bonds is 7. The van der Waals surface area contributed by atoms with Crippen LogP contribution in [0.1, 0.15) is 17.5 Å². The highest BCUT2D eigenvalue weighted by atomic mass is 32.2. The van der Waals surface area contributed by atoms with E-state index < -0.39 is 5.91 Å². The number of amides is 2. The molecule has 6 heteroatoms. The van der Waals surface area contributed by atoms with Crippen LogP contribution < -0.4 is 10.7 Å². The Morgan fingerprint density at radius 2 is 1.75 bits per heavy atom. The molecule has 0 heterocycles. The number of hydrogen-bond donors (Lipinski definition) is 2. The van der Waals surface area contributed by atoms with Crippen LogP contribution in [0.3, 0.4) is 0 Å². The number of hydrogen-bond acceptors (Lipinski definition) is 4. The maximum atomic E-state index is 11.7. The smallest absolute Gasteiger partial charge is 0.249 e. The van der Waals surface area contributed by atoms with Gasteiger partial charge in [0.15, 0.2) is 0 Å². The maximum absolute atomic E-state index is 11.7. The summed E-state index contributed by atoms with van der Waals surface area (Å²) in [4.78, 5) is 24.5. The van der Waals surface area contributed by atoms with Gasteiger partial charge in [-0.15, -0.1) is 11.8 Å². The Labute approximate surface area is 145 Å². The Morgan fingerprint density at radius 1 is 1.04 bits per heavy atom. The normalized spacial score (nSPS) is 10.5. The molecule has 0 aromatic heterocycles. The Morgan fingerprint density at radius 3 is 2.42 bits per heavy atom. The lowest BCUT2D eigenvalue weighted by Crippen LogP contribution is -2.29. The van der Waals surface area contributed by atoms with Crippen molar-refractivity contribution >= 4 is 29.8 Å². The first kappa shape index (κ1) is 17.7. The van der Waals surface area contributed by atoms with Gasteiger partial charge in [-0.05, 0) is 29.5 Å². The van der Waals surface area contributed by atoms with E-state index in [9.17, 15) is 9.59 Å². The molecule has 0 aliphatic heterocycles. The molecule has 0 saturated heterocycles. The minimum Gasteiger partial charge on any atom is -0.352 e. The number of carbonyl (C=O) groups is 2. The second kappa shape index (κ2) is 9.52. The summed E-state index contributed by atoms with van der Waals surface area (Å²) in [6.45, 7) is 0.401. The average Bonchev–Trinajstić information content (AvgIpc) is 2.61. The van der Waals surface area contributed by atoms with E-state index in [1.165, 1.54) is 0 Å². The number of nitrogens with one attached hydrogen (secondary N) is 2. The van der Waals surface area contributed by atoms with Gasteiger partial charge in [0.25, 0.3) is 0 Å². The summed E-state index contributed by atoms with van der Waals surface area (Å²) in [5.41, 5.74) is 4.21. The maximum Gasteiger partial charge on any atom is 0.249 e. The molecule has 0 saturated carbocycles. The van der Waals surface area contributed by atoms with Crippen LogP contribution in [0.25, 0.3) is 0 Å². The molecule has 0 radical (unpaired) electrons. The van der Waals surface area contributed by atoms with Crippen molar-refractivity contribution in [1.82, 2.24) is 10.7 Å². The van der Waals surface area contributed by atoms with Gasteiger partial charge in [-0.2, -0.15) is 5.10 Å². The molecular formula is C18H19N3O2S. The summed E-state index contributed by atoms with van der Waals surface area (Å²) < 4.78 is 0. The summed E-state index contributed by atoms with van der Waals surface area (Å²) >= 11 is 1.66. The molecule has 0 atom stereocenters. The van der Waals surface area contributed by atoms with E-state index >= 15 is 0 Å². The lowest BCUT2D eigenvalue weighted by Gasteiger charge is -2.04. The van der Waals surface area contributed by atoms with E-state index in [1.54, 1.807) is 18.0 Å². The highest BCUT2D eigenvalue weighted by Gasteiger charge is 2.08. The third-order valence-electron chi connectivity index (χ3n) is 3.17. The van der Waals surface area contributed by atoms with Gasteiger partial charge < -0.3 is 5.32 Å². The standard InChI is InChI=1S/C18H19N3O2S/c1-24-16-9-7-15(8-10-16)13-20-21-18(23)11-17(22)19-12-14-5-3-2-4-6-14/h2-10,13H,11-12H2,1H3,(H,19,22)(H,21,23)/b20-13+. The third kappa shape index (κ3) is 6.26. The molecule has 5 nitrogen and oxygen atoms in total. The lowest BCUT2D eigenvalue weighted by atomic mass is 10.2. The monoisotopic (exact) mass is 341 g/mol. The van der Waals surface area contributed by atoms with Crippen LogP contribution in [0.15, 0.2) is 64.6 Å². The van der Waals surface area contributed by atoms with Crippen molar-refractivity contribution in [1.29, 1.82) is 0 Å². The van der Waals surface area contributed by atoms with Gasteiger partial charge in [0.2, 0.25) is 11.8 Å². The topological polar surface area (TPSA) is 70.6 Å². The van der Waals surface area contributed by atoms with Crippen molar-refractivity contribution in [3.05, 3.63) is 65.7 Å². The molecule has 0 spiro atoms. The van der Waals surface area contributed by atoms with Gasteiger partial charge in [-0.25, -0.2) is 5.43 Å². The molecule has 0 fully saturated rings. The SMILES string of the molecule is CSc1ccc(/C=N/NC(=O)CC(=O)NCc2ccccc2)cc1. The number of carbonyl (C=O) groups excluding carboxylic acids is 2. The molecule has 0 unspecified atom stereocenters. The van der Waals surface area contributed by atoms with Crippen molar-refractivity contribution < 1.29 is 9.59 Å². The zero-order valence-electron chi connectivity index (χ0n) is 13.4. The second-order valence-electron chi connectivity index (χ2n) is 5.01. The van der Waals surface area contributed by atoms with Gasteiger partial charge >= 0.3 is 0 Å². The summed E-state index contributed by atoms with van der Waals surface area (Å²) in [5.74, 6) is -0.784. The molecular weight excluding hydrogens is 322 g/mol. The predicted octanol–water partition coefficient (Wildman–Crippen LogP) is 2.57. The van der Waals surface area contributed by atoms with E-state index in [1.807, 2.05) is 60.9 Å². The van der Waals surface area contributed by atoms with Crippen LogP contribution in [0, 0.1) is 0 Å². The fourth-order valence-corrected chi connectivity index (χ4v) is 2.32. The van der Waals surface area contributed by atoms with Crippen LogP contribution in [0.2, 0.25) is 0 Å². The highest BCUT2D eigenvalue weighted by molar-refractivity contribution is 7.98. The average molecular weight is 341 g/mol. The van der Waals surface area contributed by atoms with E-state index in [-0.39, 0.29) is 12.3 Å². The van der Waals surface area contributed by atoms with Crippen molar-refractivity contribution in [3.8, 4) is 0 Å². The number of hydrazone groups is 1. The van der Waals surface area contributed by atoms with Gasteiger partial charge in [-0.1, -0.05) is 42.5 Å². The molecule has 0 bridgehead atoms. The van der Waals surface area contributed by atoms with E-state index in [0.29, 0.717) is 6.54 Å². The zero-order chi connectivity index (χ0) is 17.2. The van der Waals surface area contributed by atoms with Crippen LogP contribution in [-0.4, -0.2) is 24.3 Å². The van der Waals surface area contributed by atoms with Gasteiger partial charge in [0.1, 0.15) is 6.42 Å². The first-order valence-electron chi connectivity index (χ1n) is 7.44. The third-order valence-corrected chi connectivity index (χ3v) is 3.92. The molecule has 124 valence electrons. The molecule has 2 aromatic carbocycles. The molecule has 24 heavy (non-hydrogen) atoms. The predicted molar refractivity (Wildman–Crippen MR) is 96.9 cm³/mol. The first-order valence-corrected chi connectivity index (χ1v) is 8.66. The van der Waals surface area contributed by atoms with E-state index in [2.05, 4.69) is 15.8 Å². The summed E-state index contributed by atoms with van der Waals surface area (Å²) in [6.07, 6.45) is 3.30. The summed E-state index contributed by atoms with van der Waals surface area (Å²) in [7, 11) is 0. The Kier molecular flexibility index (Phi) is 7.04. The molecule has 0 aliphatic rings. The molecule has 2 N–H and O–H groups in total. The fraction of sp³-hybridized carbons (Fsp3) is 0.167. The van der Waals surface area contributed by atoms with Crippen molar-refractivity contribution in [2.24, 2.45) is 5.10 Å². The first-order chi connectivity index (χ1) is 11.7. The molecule has 0 aliphatic carbocycles. The van der Waals surface area contributed by atoms with Crippen molar-refractivity contribution in [3.63, 3.8) is 0 Å². The summed E-state index contributed by atoms with van der Waals surface area (Å²) in [6, 6.07) is 17.3. The summed E-state index contributed by atoms with van der Waals surface area (Å²) in [5, 5.41) is 6.55. The van der Waals surface area contributed by atoms with Crippen LogP contribution in [0.4, 0.5) is 0 Å². The lowest BCUT2D eigenvalue weighted by molar-refractivity contribution is -0.129. The quantitative estimate of drug-likeness (QED) is 0.352. The van der Waals surface area contributed by atoms with Crippen LogP contribution >= 0.6 is 11.8 Å². The number of nitrogens with zero attached hydrogens (tertiary/aromatic N) is 1. The van der Waals surface area contributed by atoms with Gasteiger partial charge in [-0.3, -0.25) is 9.59 Å². The van der Waals surface area contributed by atoms with Gasteiger partial charge in [0, 0.05) is 11.4 Å². The van der Waals surface area contributed by atoms with Crippen LogP contribution in [0.5, 0.6) is 0 Å². The molecule has 2 amide bonds. The van der Waals surface area contributed by atoms with Crippen LogP contribution in [-0.2, 0) is 16.1 Å². The number of benzene rings is 2. The largest absolute Gasteiger partial charge is 0.352 e. The van der Waals surface area contributed by atoms with E-state index in [0.717, 1.165) is 16.0 Å². The van der Waals surface area contributed by atoms with E-state index in [4.69, 9.17) is 0 Å². The minimum absolute atomic E-state index is 0.254. The molecule has 2 rings (SSSR count). The highest BCUT2D eigenvalue weighted by Crippen LogP contribution is 2.13. The van der Waals surface area contributed by atoms with Crippen molar-refractivity contribution in [2.75, 3.05) is 6.26 Å². The van der Waals surface area contributed by atoms with Gasteiger partial charge in [0.05, 0.1) is 6.21 Å². The number of thioether (sulfide) groups is 1. The Bertz CT molecular complexity index is 700. The minimum atomic E-state index is -0.447. The van der Waals surface area contributed by atoms with Crippen molar-refractivity contribution in [2.45, 2.75) is 17.9 Å². The Balaban J connectivity index is 1.71. The fourth-order valence-electron chi connectivity index (χ4n) is 1.91. The molecule has 2 aromatic rings. The Hall–Kier alpha value is -2.60.